The summed E-state index contributed by atoms with van der Waals surface area (Å²) in [6.07, 6.45) is 4.37. The predicted octanol–water partition coefficient (Wildman–Crippen LogP) is 2.40. The maximum Gasteiger partial charge on any atom is 0.0641 e. The molecule has 5 heteroatoms. The predicted molar refractivity (Wildman–Crippen MR) is 73.8 cm³/mol. The largest absolute Gasteiger partial charge is 0.290 e. The molecule has 19 heavy (non-hydrogen) atoms. The average molecular weight is 259 g/mol. The van der Waals surface area contributed by atoms with Crippen molar-refractivity contribution >= 4 is 0 Å². The van der Waals surface area contributed by atoms with E-state index in [1.165, 1.54) is 35.4 Å². The minimum absolute atomic E-state index is 0.487. The van der Waals surface area contributed by atoms with Crippen molar-refractivity contribution in [2.75, 3.05) is 6.54 Å². The number of H-pyrrole nitrogens is 2. The van der Waals surface area contributed by atoms with E-state index in [2.05, 4.69) is 46.1 Å². The number of aromatic amines is 2. The van der Waals surface area contributed by atoms with Crippen LogP contribution in [0.3, 0.4) is 0 Å². The van der Waals surface area contributed by atoms with Crippen molar-refractivity contribution in [1.82, 2.24) is 25.3 Å². The summed E-state index contributed by atoms with van der Waals surface area (Å²) in [6.45, 7) is 8.41. The monoisotopic (exact) mass is 259 g/mol. The van der Waals surface area contributed by atoms with Gasteiger partial charge in [0.05, 0.1) is 17.6 Å². The Hall–Kier alpha value is -1.62. The highest BCUT2D eigenvalue weighted by Gasteiger charge is 2.30. The number of likely N-dealkylation sites (tertiary alicyclic amines) is 1. The molecular formula is C14H21N5. The Kier molecular flexibility index (Phi) is 3.14. The van der Waals surface area contributed by atoms with Crippen LogP contribution in [0.15, 0.2) is 6.20 Å². The summed E-state index contributed by atoms with van der Waals surface area (Å²) in [5.41, 5.74) is 6.19. The van der Waals surface area contributed by atoms with Gasteiger partial charge >= 0.3 is 0 Å². The summed E-state index contributed by atoms with van der Waals surface area (Å²) in [6, 6.07) is 0.487. The van der Waals surface area contributed by atoms with Crippen LogP contribution in [-0.2, 0) is 6.54 Å². The van der Waals surface area contributed by atoms with E-state index in [1.807, 2.05) is 6.20 Å². The number of hydrogen-bond acceptors (Lipinski definition) is 3. The lowest BCUT2D eigenvalue weighted by Gasteiger charge is -2.24. The fourth-order valence-electron chi connectivity index (χ4n) is 3.13. The van der Waals surface area contributed by atoms with Crippen molar-refractivity contribution in [3.8, 4) is 0 Å². The summed E-state index contributed by atoms with van der Waals surface area (Å²) in [5.74, 6) is 0. The molecule has 3 heterocycles. The lowest BCUT2D eigenvalue weighted by atomic mass is 10.0. The fraction of sp³-hybridized carbons (Fsp3) is 0.571. The van der Waals surface area contributed by atoms with E-state index in [0.29, 0.717) is 6.04 Å². The minimum atomic E-state index is 0.487. The van der Waals surface area contributed by atoms with E-state index < -0.39 is 0 Å². The normalized spacial score (nSPS) is 20.3. The molecule has 102 valence electrons. The summed E-state index contributed by atoms with van der Waals surface area (Å²) in [7, 11) is 0. The number of nitrogens with zero attached hydrogens (tertiary/aromatic N) is 3. The van der Waals surface area contributed by atoms with Gasteiger partial charge in [0.1, 0.15) is 0 Å². The van der Waals surface area contributed by atoms with Crippen LogP contribution in [0.25, 0.3) is 0 Å². The molecule has 5 nitrogen and oxygen atoms in total. The molecule has 1 fully saturated rings. The maximum atomic E-state index is 4.34. The molecule has 0 amide bonds. The van der Waals surface area contributed by atoms with Gasteiger partial charge in [-0.15, -0.1) is 0 Å². The van der Waals surface area contributed by atoms with Crippen LogP contribution >= 0.6 is 0 Å². The standard InChI is InChI=1S/C14H21N5/c1-9-7-15-18-12(9)8-19-6-4-5-13(19)14-10(2)16-17-11(14)3/h7,13H,4-6,8H2,1-3H3,(H,15,18)(H,16,17). The van der Waals surface area contributed by atoms with Gasteiger partial charge in [-0.25, -0.2) is 0 Å². The van der Waals surface area contributed by atoms with E-state index in [4.69, 9.17) is 0 Å². The second-order valence-corrected chi connectivity index (χ2v) is 5.51. The van der Waals surface area contributed by atoms with Crippen LogP contribution in [0.2, 0.25) is 0 Å². The minimum Gasteiger partial charge on any atom is -0.290 e. The van der Waals surface area contributed by atoms with Gasteiger partial charge in [0.2, 0.25) is 0 Å². The van der Waals surface area contributed by atoms with Crippen molar-refractivity contribution < 1.29 is 0 Å². The molecule has 0 spiro atoms. The Balaban J connectivity index is 1.84. The van der Waals surface area contributed by atoms with E-state index in [-0.39, 0.29) is 0 Å². The number of rotatable bonds is 3. The van der Waals surface area contributed by atoms with Crippen LogP contribution in [0.5, 0.6) is 0 Å². The molecule has 0 bridgehead atoms. The molecule has 2 aromatic heterocycles. The molecule has 0 radical (unpaired) electrons. The molecular weight excluding hydrogens is 238 g/mol. The molecule has 1 aliphatic rings. The SMILES string of the molecule is Cc1cn[nH]c1CN1CCCC1c1c(C)n[nH]c1C. The Morgan fingerprint density at radius 3 is 2.79 bits per heavy atom. The van der Waals surface area contributed by atoms with E-state index in [1.54, 1.807) is 0 Å². The van der Waals surface area contributed by atoms with Crippen LogP contribution in [0, 0.1) is 20.8 Å². The maximum absolute atomic E-state index is 4.34. The second kappa shape index (κ2) is 4.81. The van der Waals surface area contributed by atoms with Crippen molar-refractivity contribution in [1.29, 1.82) is 0 Å². The van der Waals surface area contributed by atoms with Gasteiger partial charge in [0.15, 0.2) is 0 Å². The Bertz CT molecular complexity index is 549. The Labute approximate surface area is 113 Å². The lowest BCUT2D eigenvalue weighted by molar-refractivity contribution is 0.244. The fourth-order valence-corrected chi connectivity index (χ4v) is 3.13. The number of aromatic nitrogens is 4. The van der Waals surface area contributed by atoms with Crippen molar-refractivity contribution in [2.24, 2.45) is 0 Å². The van der Waals surface area contributed by atoms with Gasteiger partial charge in [-0.1, -0.05) is 0 Å². The molecule has 2 N–H and O–H groups in total. The van der Waals surface area contributed by atoms with Crippen molar-refractivity contribution in [3.63, 3.8) is 0 Å². The number of nitrogens with one attached hydrogen (secondary N) is 2. The van der Waals surface area contributed by atoms with Gasteiger partial charge in [-0.3, -0.25) is 15.1 Å². The van der Waals surface area contributed by atoms with Gasteiger partial charge in [-0.05, 0) is 45.7 Å². The summed E-state index contributed by atoms with van der Waals surface area (Å²) in [5, 5.41) is 14.7. The lowest BCUT2D eigenvalue weighted by Crippen LogP contribution is -2.24. The summed E-state index contributed by atoms with van der Waals surface area (Å²) >= 11 is 0. The highest BCUT2D eigenvalue weighted by Crippen LogP contribution is 2.35. The second-order valence-electron chi connectivity index (χ2n) is 5.51. The first-order chi connectivity index (χ1) is 9.16. The zero-order valence-corrected chi connectivity index (χ0v) is 11.8. The zero-order chi connectivity index (χ0) is 13.4. The molecule has 0 aliphatic carbocycles. The number of aryl methyl sites for hydroxylation is 3. The third-order valence-corrected chi connectivity index (χ3v) is 4.18. The van der Waals surface area contributed by atoms with Crippen molar-refractivity contribution in [2.45, 2.75) is 46.2 Å². The Morgan fingerprint density at radius 2 is 2.16 bits per heavy atom. The van der Waals surface area contributed by atoms with E-state index in [9.17, 15) is 0 Å². The molecule has 0 saturated carbocycles. The van der Waals surface area contributed by atoms with Gasteiger partial charge < -0.3 is 0 Å². The first-order valence-electron chi connectivity index (χ1n) is 6.91. The molecule has 1 saturated heterocycles. The molecule has 1 unspecified atom stereocenters. The highest BCUT2D eigenvalue weighted by atomic mass is 15.2. The van der Waals surface area contributed by atoms with Crippen LogP contribution in [0.1, 0.15) is 47.1 Å². The van der Waals surface area contributed by atoms with Crippen LogP contribution < -0.4 is 0 Å². The van der Waals surface area contributed by atoms with Gasteiger partial charge in [0, 0.05) is 23.8 Å². The van der Waals surface area contributed by atoms with Gasteiger partial charge in [0.25, 0.3) is 0 Å². The van der Waals surface area contributed by atoms with Gasteiger partial charge in [-0.2, -0.15) is 10.2 Å². The molecule has 2 aromatic rings. The molecule has 1 atom stereocenters. The molecule has 0 aromatic carbocycles. The van der Waals surface area contributed by atoms with Crippen molar-refractivity contribution in [3.05, 3.63) is 34.4 Å². The number of hydrogen-bond donors (Lipinski definition) is 2. The van der Waals surface area contributed by atoms with E-state index >= 15 is 0 Å². The summed E-state index contributed by atoms with van der Waals surface area (Å²) in [4.78, 5) is 2.53. The van der Waals surface area contributed by atoms with E-state index in [0.717, 1.165) is 18.8 Å². The topological polar surface area (TPSA) is 60.6 Å². The quantitative estimate of drug-likeness (QED) is 0.889. The smallest absolute Gasteiger partial charge is 0.0641 e. The highest BCUT2D eigenvalue weighted by molar-refractivity contribution is 5.28. The molecule has 1 aliphatic heterocycles. The first kappa shape index (κ1) is 12.4. The Morgan fingerprint density at radius 1 is 1.32 bits per heavy atom. The third kappa shape index (κ3) is 2.18. The van der Waals surface area contributed by atoms with Crippen LogP contribution in [-0.4, -0.2) is 31.8 Å². The molecule has 3 rings (SSSR count). The zero-order valence-electron chi connectivity index (χ0n) is 11.8. The van der Waals surface area contributed by atoms with Crippen LogP contribution in [0.4, 0.5) is 0 Å². The first-order valence-corrected chi connectivity index (χ1v) is 6.91. The summed E-state index contributed by atoms with van der Waals surface area (Å²) < 4.78 is 0. The third-order valence-electron chi connectivity index (χ3n) is 4.18. The average Bonchev–Trinajstić information content (AvgIpc) is 3.05.